The number of morpholine rings is 1. The molecule has 0 bridgehead atoms. The second-order valence-electron chi connectivity index (χ2n) is 8.87. The molecule has 0 spiro atoms. The molecule has 7 heteroatoms. The van der Waals surface area contributed by atoms with Crippen LogP contribution in [-0.4, -0.2) is 61.8 Å². The lowest BCUT2D eigenvalue weighted by atomic mass is 9.98. The van der Waals surface area contributed by atoms with Gasteiger partial charge in [0.1, 0.15) is 11.9 Å². The standard InChI is InChI=1S/C22H31ClN2O4/c1-22(2,3)29-21(27)25-10-11-28-18(14-25)12-17-4-5-20(19(23)13-17)24-8-6-16(15-26)7-9-24/h4-5,13,15-16,18H,6-12,14H2,1-3H3. The number of amides is 1. The minimum atomic E-state index is -0.506. The fourth-order valence-corrected chi connectivity index (χ4v) is 4.13. The lowest BCUT2D eigenvalue weighted by Gasteiger charge is -2.34. The largest absolute Gasteiger partial charge is 0.444 e. The maximum absolute atomic E-state index is 12.3. The van der Waals surface area contributed by atoms with Gasteiger partial charge in [-0.15, -0.1) is 0 Å². The molecule has 1 unspecified atom stereocenters. The third kappa shape index (κ3) is 6.09. The molecule has 2 saturated heterocycles. The first-order valence-corrected chi connectivity index (χ1v) is 10.7. The Morgan fingerprint density at radius 2 is 2.00 bits per heavy atom. The van der Waals surface area contributed by atoms with E-state index in [9.17, 15) is 9.59 Å². The lowest BCUT2D eigenvalue weighted by molar-refractivity contribution is -0.111. The molecule has 1 aromatic rings. The van der Waals surface area contributed by atoms with Crippen molar-refractivity contribution in [3.63, 3.8) is 0 Å². The van der Waals surface area contributed by atoms with E-state index in [0.717, 1.165) is 43.5 Å². The van der Waals surface area contributed by atoms with Crippen LogP contribution in [0.5, 0.6) is 0 Å². The van der Waals surface area contributed by atoms with Gasteiger partial charge in [0, 0.05) is 32.0 Å². The van der Waals surface area contributed by atoms with Crippen molar-refractivity contribution in [2.45, 2.75) is 51.7 Å². The molecule has 160 valence electrons. The minimum absolute atomic E-state index is 0.0819. The van der Waals surface area contributed by atoms with Crippen LogP contribution in [0.4, 0.5) is 10.5 Å². The van der Waals surface area contributed by atoms with Gasteiger partial charge in [-0.2, -0.15) is 0 Å². The fraction of sp³-hybridized carbons (Fsp3) is 0.636. The SMILES string of the molecule is CC(C)(C)OC(=O)N1CCOC(Cc2ccc(N3CCC(C=O)CC3)c(Cl)c2)C1. The van der Waals surface area contributed by atoms with Crippen LogP contribution >= 0.6 is 11.6 Å². The van der Waals surface area contributed by atoms with Gasteiger partial charge in [-0.3, -0.25) is 0 Å². The monoisotopic (exact) mass is 422 g/mol. The lowest BCUT2D eigenvalue weighted by Crippen LogP contribution is -2.48. The van der Waals surface area contributed by atoms with Gasteiger partial charge in [0.25, 0.3) is 0 Å². The molecular weight excluding hydrogens is 392 g/mol. The zero-order chi connectivity index (χ0) is 21.0. The van der Waals surface area contributed by atoms with Crippen LogP contribution in [0.2, 0.25) is 5.02 Å². The Hall–Kier alpha value is -1.79. The number of halogens is 1. The number of aldehydes is 1. The Morgan fingerprint density at radius 3 is 2.62 bits per heavy atom. The number of hydrogen-bond acceptors (Lipinski definition) is 5. The van der Waals surface area contributed by atoms with Crippen LogP contribution in [-0.2, 0) is 20.7 Å². The van der Waals surface area contributed by atoms with Crippen LogP contribution in [0.25, 0.3) is 0 Å². The summed E-state index contributed by atoms with van der Waals surface area (Å²) in [7, 11) is 0. The Bertz CT molecular complexity index is 726. The molecule has 3 rings (SSSR count). The number of carbonyl (C=O) groups excluding carboxylic acids is 2. The third-order valence-electron chi connectivity index (χ3n) is 5.34. The number of carbonyl (C=O) groups is 2. The maximum Gasteiger partial charge on any atom is 0.410 e. The summed E-state index contributed by atoms with van der Waals surface area (Å²) in [6.07, 6.45) is 3.12. The first kappa shape index (κ1) is 21.9. The molecular formula is C22H31ClN2O4. The highest BCUT2D eigenvalue weighted by Gasteiger charge is 2.28. The summed E-state index contributed by atoms with van der Waals surface area (Å²) in [4.78, 5) is 27.2. The topological polar surface area (TPSA) is 59.1 Å². The molecule has 29 heavy (non-hydrogen) atoms. The molecule has 2 aliphatic rings. The quantitative estimate of drug-likeness (QED) is 0.688. The van der Waals surface area contributed by atoms with Gasteiger partial charge in [-0.25, -0.2) is 4.79 Å². The number of hydrogen-bond donors (Lipinski definition) is 0. The number of rotatable bonds is 4. The van der Waals surface area contributed by atoms with Crippen molar-refractivity contribution in [2.24, 2.45) is 5.92 Å². The van der Waals surface area contributed by atoms with E-state index in [4.69, 9.17) is 21.1 Å². The van der Waals surface area contributed by atoms with Crippen LogP contribution in [0.1, 0.15) is 39.2 Å². The maximum atomic E-state index is 12.3. The van der Waals surface area contributed by atoms with Crippen LogP contribution < -0.4 is 4.90 Å². The van der Waals surface area contributed by atoms with Gasteiger partial charge >= 0.3 is 6.09 Å². The summed E-state index contributed by atoms with van der Waals surface area (Å²) in [5.74, 6) is 0.167. The zero-order valence-electron chi connectivity index (χ0n) is 17.5. The molecule has 0 radical (unpaired) electrons. The molecule has 0 aromatic heterocycles. The number of ether oxygens (including phenoxy) is 2. The number of benzene rings is 1. The van der Waals surface area contributed by atoms with Gasteiger partial charge in [0.2, 0.25) is 0 Å². The summed E-state index contributed by atoms with van der Waals surface area (Å²) in [6.45, 7) is 8.85. The Balaban J connectivity index is 1.58. The summed E-state index contributed by atoms with van der Waals surface area (Å²) < 4.78 is 11.3. The molecule has 0 aliphatic carbocycles. The van der Waals surface area contributed by atoms with Gasteiger partial charge in [0.15, 0.2) is 0 Å². The van der Waals surface area contributed by atoms with Crippen molar-refractivity contribution in [3.05, 3.63) is 28.8 Å². The van der Waals surface area contributed by atoms with E-state index in [1.54, 1.807) is 4.90 Å². The molecule has 2 fully saturated rings. The first-order chi connectivity index (χ1) is 13.7. The van der Waals surface area contributed by atoms with Gasteiger partial charge < -0.3 is 24.1 Å². The van der Waals surface area contributed by atoms with E-state index < -0.39 is 5.60 Å². The molecule has 2 aliphatic heterocycles. The van der Waals surface area contributed by atoms with E-state index in [2.05, 4.69) is 11.0 Å². The molecule has 6 nitrogen and oxygen atoms in total. The van der Waals surface area contributed by atoms with E-state index in [-0.39, 0.29) is 18.1 Å². The molecule has 1 amide bonds. The zero-order valence-corrected chi connectivity index (χ0v) is 18.3. The first-order valence-electron chi connectivity index (χ1n) is 10.3. The Kier molecular flexibility index (Phi) is 7.06. The molecule has 1 atom stereocenters. The number of piperidine rings is 1. The predicted octanol–water partition coefficient (Wildman–Crippen LogP) is 3.93. The van der Waals surface area contributed by atoms with Crippen molar-refractivity contribution < 1.29 is 19.1 Å². The second kappa shape index (κ2) is 9.35. The Labute approximate surface area is 178 Å². The van der Waals surface area contributed by atoms with E-state index >= 15 is 0 Å². The van der Waals surface area contributed by atoms with Crippen LogP contribution in [0.3, 0.4) is 0 Å². The summed E-state index contributed by atoms with van der Waals surface area (Å²) in [5.41, 5.74) is 1.59. The molecule has 0 N–H and O–H groups in total. The minimum Gasteiger partial charge on any atom is -0.444 e. The molecule has 2 heterocycles. The summed E-state index contributed by atoms with van der Waals surface area (Å²) >= 11 is 6.57. The van der Waals surface area contributed by atoms with Crippen LogP contribution in [0, 0.1) is 5.92 Å². The van der Waals surface area contributed by atoms with E-state index in [0.29, 0.717) is 31.1 Å². The van der Waals surface area contributed by atoms with E-state index in [1.165, 1.54) is 0 Å². The number of nitrogens with zero attached hydrogens (tertiary/aromatic N) is 2. The van der Waals surface area contributed by atoms with Gasteiger partial charge in [0.05, 0.1) is 30.0 Å². The van der Waals surface area contributed by atoms with Crippen molar-refractivity contribution in [3.8, 4) is 0 Å². The van der Waals surface area contributed by atoms with Crippen molar-refractivity contribution in [2.75, 3.05) is 37.7 Å². The van der Waals surface area contributed by atoms with E-state index in [1.807, 2.05) is 32.9 Å². The highest BCUT2D eigenvalue weighted by atomic mass is 35.5. The predicted molar refractivity (Wildman–Crippen MR) is 114 cm³/mol. The van der Waals surface area contributed by atoms with Crippen molar-refractivity contribution in [1.29, 1.82) is 0 Å². The van der Waals surface area contributed by atoms with Crippen LogP contribution in [0.15, 0.2) is 18.2 Å². The normalized spacial score (nSPS) is 21.2. The smallest absolute Gasteiger partial charge is 0.410 e. The second-order valence-corrected chi connectivity index (χ2v) is 9.28. The average Bonchev–Trinajstić information content (AvgIpc) is 2.67. The van der Waals surface area contributed by atoms with Gasteiger partial charge in [-0.1, -0.05) is 17.7 Å². The average molecular weight is 423 g/mol. The third-order valence-corrected chi connectivity index (χ3v) is 5.64. The molecule has 1 aromatic carbocycles. The fourth-order valence-electron chi connectivity index (χ4n) is 3.81. The Morgan fingerprint density at radius 1 is 1.28 bits per heavy atom. The molecule has 0 saturated carbocycles. The summed E-state index contributed by atoms with van der Waals surface area (Å²) in [6, 6.07) is 6.11. The number of anilines is 1. The van der Waals surface area contributed by atoms with Gasteiger partial charge in [-0.05, 0) is 51.3 Å². The highest BCUT2D eigenvalue weighted by Crippen LogP contribution is 2.31. The van der Waals surface area contributed by atoms with Crippen molar-refractivity contribution >= 4 is 29.7 Å². The van der Waals surface area contributed by atoms with Crippen molar-refractivity contribution in [1.82, 2.24) is 4.90 Å². The summed E-state index contributed by atoms with van der Waals surface area (Å²) in [5, 5.41) is 0.715. The highest BCUT2D eigenvalue weighted by molar-refractivity contribution is 6.33.